The highest BCUT2D eigenvalue weighted by atomic mass is 16.6. The van der Waals surface area contributed by atoms with Crippen LogP contribution in [0.5, 0.6) is 0 Å². The zero-order chi connectivity index (χ0) is 18.6. The predicted molar refractivity (Wildman–Crippen MR) is 106 cm³/mol. The largest absolute Gasteiger partial charge is 0.374 e. The number of hydrogen-bond donors (Lipinski definition) is 0. The molecule has 0 N–H and O–H groups in total. The van der Waals surface area contributed by atoms with Crippen LogP contribution in [-0.4, -0.2) is 24.4 Å². The molecule has 0 atom stereocenters. The summed E-state index contributed by atoms with van der Waals surface area (Å²) in [6.07, 6.45) is 4.72. The summed E-state index contributed by atoms with van der Waals surface area (Å²) in [6.45, 7) is 4.68. The molecule has 3 fully saturated rings. The molecule has 144 valence electrons. The van der Waals surface area contributed by atoms with E-state index in [9.17, 15) is 0 Å². The van der Waals surface area contributed by atoms with Gasteiger partial charge in [0.25, 0.3) is 0 Å². The highest BCUT2D eigenvalue weighted by Gasteiger charge is 2.53. The van der Waals surface area contributed by atoms with Crippen molar-refractivity contribution in [1.29, 1.82) is 0 Å². The topological polar surface area (TPSA) is 27.7 Å². The third-order valence-electron chi connectivity index (χ3n) is 6.15. The van der Waals surface area contributed by atoms with E-state index >= 15 is 0 Å². The predicted octanol–water partition coefficient (Wildman–Crippen LogP) is 5.14. The summed E-state index contributed by atoms with van der Waals surface area (Å²) in [7, 11) is 0. The van der Waals surface area contributed by atoms with Crippen molar-refractivity contribution in [3.8, 4) is 0 Å². The third kappa shape index (κ3) is 4.43. The van der Waals surface area contributed by atoms with E-state index in [-0.39, 0.29) is 11.2 Å². The van der Waals surface area contributed by atoms with Crippen LogP contribution < -0.4 is 0 Å². The van der Waals surface area contributed by atoms with Gasteiger partial charge in [-0.25, -0.2) is 0 Å². The Hall–Kier alpha value is -1.68. The fourth-order valence-electron chi connectivity index (χ4n) is 4.60. The molecular weight excluding hydrogens is 336 g/mol. The van der Waals surface area contributed by atoms with Crippen LogP contribution in [0.3, 0.4) is 0 Å². The van der Waals surface area contributed by atoms with Gasteiger partial charge in [-0.1, -0.05) is 60.7 Å². The zero-order valence-corrected chi connectivity index (χ0v) is 16.2. The van der Waals surface area contributed by atoms with Crippen molar-refractivity contribution >= 4 is 0 Å². The molecule has 0 radical (unpaired) electrons. The molecule has 2 aromatic rings. The Morgan fingerprint density at radius 1 is 0.815 bits per heavy atom. The SMILES string of the molecule is CC12CCC(CC1)C(COCc1ccccc1)(COCc1ccccc1)O2. The Labute approximate surface area is 162 Å². The Balaban J connectivity index is 1.41. The Kier molecular flexibility index (Phi) is 5.63. The average molecular weight is 367 g/mol. The molecule has 2 aliphatic heterocycles. The number of fused-ring (bicyclic) bond motifs is 3. The van der Waals surface area contributed by atoms with Crippen LogP contribution in [0, 0.1) is 5.92 Å². The quantitative estimate of drug-likeness (QED) is 0.647. The maximum Gasteiger partial charge on any atom is 0.118 e. The van der Waals surface area contributed by atoms with Gasteiger partial charge in [-0.05, 0) is 49.7 Å². The minimum atomic E-state index is -0.325. The van der Waals surface area contributed by atoms with Crippen LogP contribution in [0.1, 0.15) is 43.7 Å². The van der Waals surface area contributed by atoms with Gasteiger partial charge in [0, 0.05) is 0 Å². The Morgan fingerprint density at radius 3 is 1.74 bits per heavy atom. The fourth-order valence-corrected chi connectivity index (χ4v) is 4.60. The number of benzene rings is 2. The number of hydrogen-bond acceptors (Lipinski definition) is 3. The van der Waals surface area contributed by atoms with Gasteiger partial charge in [-0.15, -0.1) is 0 Å². The molecule has 3 aliphatic rings. The molecule has 1 saturated carbocycles. The van der Waals surface area contributed by atoms with E-state index in [1.165, 1.54) is 24.0 Å². The molecule has 2 saturated heterocycles. The van der Waals surface area contributed by atoms with Gasteiger partial charge in [-0.3, -0.25) is 0 Å². The van der Waals surface area contributed by atoms with E-state index in [4.69, 9.17) is 14.2 Å². The Morgan fingerprint density at radius 2 is 1.30 bits per heavy atom. The average Bonchev–Trinajstić information content (AvgIpc) is 2.70. The van der Waals surface area contributed by atoms with Gasteiger partial charge in [0.05, 0.1) is 32.0 Å². The molecule has 0 spiro atoms. The molecule has 2 heterocycles. The van der Waals surface area contributed by atoms with Crippen molar-refractivity contribution in [2.45, 2.75) is 57.0 Å². The van der Waals surface area contributed by atoms with Gasteiger partial charge < -0.3 is 14.2 Å². The monoisotopic (exact) mass is 366 g/mol. The van der Waals surface area contributed by atoms with Crippen molar-refractivity contribution in [3.05, 3.63) is 71.8 Å². The van der Waals surface area contributed by atoms with Crippen LogP contribution in [0.2, 0.25) is 0 Å². The van der Waals surface area contributed by atoms with Crippen LogP contribution in [0.25, 0.3) is 0 Å². The summed E-state index contributed by atoms with van der Waals surface area (Å²) >= 11 is 0. The third-order valence-corrected chi connectivity index (χ3v) is 6.15. The van der Waals surface area contributed by atoms with Crippen LogP contribution in [-0.2, 0) is 27.4 Å². The molecule has 3 heteroatoms. The van der Waals surface area contributed by atoms with Crippen molar-refractivity contribution in [2.75, 3.05) is 13.2 Å². The Bertz CT molecular complexity index is 659. The first kappa shape index (κ1) is 18.7. The highest BCUT2D eigenvalue weighted by molar-refractivity contribution is 5.14. The minimum absolute atomic E-state index is 0.0268. The van der Waals surface area contributed by atoms with Crippen LogP contribution in [0.4, 0.5) is 0 Å². The van der Waals surface area contributed by atoms with Crippen LogP contribution in [0.15, 0.2) is 60.7 Å². The van der Waals surface area contributed by atoms with Crippen molar-refractivity contribution in [1.82, 2.24) is 0 Å². The molecular formula is C24H30O3. The molecule has 0 aromatic heterocycles. The lowest BCUT2D eigenvalue weighted by Crippen LogP contribution is -2.61. The first-order valence-corrected chi connectivity index (χ1v) is 10.1. The normalized spacial score (nSPS) is 26.2. The maximum atomic E-state index is 6.69. The molecule has 0 amide bonds. The second kappa shape index (κ2) is 8.14. The van der Waals surface area contributed by atoms with Gasteiger partial charge in [0.2, 0.25) is 0 Å². The number of rotatable bonds is 8. The lowest BCUT2D eigenvalue weighted by Gasteiger charge is -2.56. The molecule has 0 unspecified atom stereocenters. The molecule has 3 nitrogen and oxygen atoms in total. The lowest BCUT2D eigenvalue weighted by atomic mass is 9.68. The van der Waals surface area contributed by atoms with E-state index in [0.717, 1.165) is 12.8 Å². The summed E-state index contributed by atoms with van der Waals surface area (Å²) < 4.78 is 19.0. The summed E-state index contributed by atoms with van der Waals surface area (Å²) in [5.74, 6) is 0.519. The van der Waals surface area contributed by atoms with Crippen LogP contribution >= 0.6 is 0 Å². The van der Waals surface area contributed by atoms with Crippen molar-refractivity contribution in [3.63, 3.8) is 0 Å². The summed E-state index contributed by atoms with van der Waals surface area (Å²) in [5.41, 5.74) is 2.05. The number of ether oxygens (including phenoxy) is 3. The minimum Gasteiger partial charge on any atom is -0.374 e. The first-order chi connectivity index (χ1) is 13.2. The highest BCUT2D eigenvalue weighted by Crippen LogP contribution is 2.50. The lowest BCUT2D eigenvalue weighted by molar-refractivity contribution is -0.280. The maximum absolute atomic E-state index is 6.69. The molecule has 5 rings (SSSR count). The summed E-state index contributed by atoms with van der Waals surface area (Å²) in [4.78, 5) is 0. The molecule has 27 heavy (non-hydrogen) atoms. The molecule has 2 aromatic carbocycles. The standard InChI is InChI=1S/C24H30O3/c1-23-14-12-22(13-15-23)24(27-23,18-25-16-20-8-4-2-5-9-20)19-26-17-21-10-6-3-7-11-21/h2-11,22H,12-19H2,1H3. The second-order valence-corrected chi connectivity index (χ2v) is 8.35. The van der Waals surface area contributed by atoms with Gasteiger partial charge in [0.15, 0.2) is 0 Å². The van der Waals surface area contributed by atoms with Gasteiger partial charge >= 0.3 is 0 Å². The van der Waals surface area contributed by atoms with E-state index in [0.29, 0.717) is 32.3 Å². The molecule has 1 aliphatic carbocycles. The van der Waals surface area contributed by atoms with Crippen molar-refractivity contribution in [2.24, 2.45) is 5.92 Å². The van der Waals surface area contributed by atoms with E-state index in [1.54, 1.807) is 0 Å². The molecule has 2 bridgehead atoms. The second-order valence-electron chi connectivity index (χ2n) is 8.35. The fraction of sp³-hybridized carbons (Fsp3) is 0.500. The summed E-state index contributed by atoms with van der Waals surface area (Å²) in [5, 5.41) is 0. The summed E-state index contributed by atoms with van der Waals surface area (Å²) in [6, 6.07) is 20.7. The van der Waals surface area contributed by atoms with Gasteiger partial charge in [-0.2, -0.15) is 0 Å². The van der Waals surface area contributed by atoms with Gasteiger partial charge in [0.1, 0.15) is 5.60 Å². The first-order valence-electron chi connectivity index (χ1n) is 10.1. The zero-order valence-electron chi connectivity index (χ0n) is 16.2. The van der Waals surface area contributed by atoms with E-state index in [1.807, 2.05) is 12.1 Å². The van der Waals surface area contributed by atoms with E-state index in [2.05, 4.69) is 55.5 Å². The van der Waals surface area contributed by atoms with E-state index < -0.39 is 0 Å². The smallest absolute Gasteiger partial charge is 0.118 e. The van der Waals surface area contributed by atoms with Crippen molar-refractivity contribution < 1.29 is 14.2 Å².